The topological polar surface area (TPSA) is 116 Å². The summed E-state index contributed by atoms with van der Waals surface area (Å²) in [5, 5.41) is 11.0. The molecule has 0 unspecified atom stereocenters. The molecule has 0 aliphatic heterocycles. The lowest BCUT2D eigenvalue weighted by Gasteiger charge is -1.91. The number of rotatable bonds is 5. The first-order valence-corrected chi connectivity index (χ1v) is 3.85. The molecule has 0 bridgehead atoms. The van der Waals surface area contributed by atoms with Crippen LogP contribution in [0.2, 0.25) is 0 Å². The molecule has 3 N–H and O–H groups in total. The first-order valence-electron chi connectivity index (χ1n) is 3.85. The highest BCUT2D eigenvalue weighted by molar-refractivity contribution is 5.66. The van der Waals surface area contributed by atoms with Crippen LogP contribution in [0.15, 0.2) is 17.7 Å². The minimum atomic E-state index is -0.815. The van der Waals surface area contributed by atoms with Gasteiger partial charge in [-0.05, 0) is 6.42 Å². The normalized spacial score (nSPS) is 9.14. The summed E-state index contributed by atoms with van der Waals surface area (Å²) in [6, 6.07) is 0. The summed E-state index contributed by atoms with van der Waals surface area (Å²) in [7, 11) is 0. The van der Waals surface area contributed by atoms with E-state index in [4.69, 9.17) is 5.11 Å². The molecule has 0 saturated carbocycles. The van der Waals surface area contributed by atoms with Crippen molar-refractivity contribution >= 4 is 11.8 Å². The van der Waals surface area contributed by atoms with Gasteiger partial charge < -0.3 is 10.6 Å². The van der Waals surface area contributed by atoms with Gasteiger partial charge in [0.1, 0.15) is 0 Å². The lowest BCUT2D eigenvalue weighted by Crippen LogP contribution is -2.30. The van der Waals surface area contributed by atoms with Crippen LogP contribution in [0.4, 0.5) is 5.82 Å². The minimum Gasteiger partial charge on any atom is -0.870 e. The number of carbonyl (C=O) groups is 1. The second-order valence-corrected chi connectivity index (χ2v) is 2.61. The summed E-state index contributed by atoms with van der Waals surface area (Å²) in [5.41, 5.74) is 0. The number of aliphatic carboxylic acids is 1. The predicted molar refractivity (Wildman–Crippen MR) is 45.2 cm³/mol. The monoisotopic (exact) mass is 201 g/mol. The van der Waals surface area contributed by atoms with Gasteiger partial charge in [0.2, 0.25) is 6.33 Å². The van der Waals surface area contributed by atoms with Gasteiger partial charge >= 0.3 is 5.97 Å². The molecule has 1 rings (SSSR count). The largest absolute Gasteiger partial charge is 0.870 e. The predicted octanol–water partition coefficient (Wildman–Crippen LogP) is 0.388. The van der Waals surface area contributed by atoms with E-state index in [1.807, 2.05) is 0 Å². The van der Waals surface area contributed by atoms with Crippen LogP contribution in [0, 0.1) is 4.91 Å². The van der Waals surface area contributed by atoms with Gasteiger partial charge in [0, 0.05) is 11.6 Å². The number of nitroso groups, excluding NO2 is 1. The fourth-order valence-electron chi connectivity index (χ4n) is 0.973. The molecule has 7 heteroatoms. The van der Waals surface area contributed by atoms with E-state index in [1.165, 1.54) is 6.20 Å². The van der Waals surface area contributed by atoms with Crippen LogP contribution in [-0.4, -0.2) is 21.5 Å². The summed E-state index contributed by atoms with van der Waals surface area (Å²) < 4.78 is 1.69. The molecule has 78 valence electrons. The Morgan fingerprint density at radius 3 is 2.86 bits per heavy atom. The molecule has 7 nitrogen and oxygen atoms in total. The lowest BCUT2D eigenvalue weighted by atomic mass is 10.3. The average Bonchev–Trinajstić information content (AvgIpc) is 2.52. The van der Waals surface area contributed by atoms with Crippen LogP contribution in [-0.2, 0) is 11.3 Å². The van der Waals surface area contributed by atoms with Gasteiger partial charge in [-0.15, -0.1) is 4.91 Å². The van der Waals surface area contributed by atoms with E-state index in [9.17, 15) is 9.70 Å². The van der Waals surface area contributed by atoms with Gasteiger partial charge in [0.05, 0.1) is 6.54 Å². The molecule has 1 heterocycles. The van der Waals surface area contributed by atoms with Crippen LogP contribution >= 0.6 is 0 Å². The maximum Gasteiger partial charge on any atom is 0.303 e. The molecule has 0 atom stereocenters. The summed E-state index contributed by atoms with van der Waals surface area (Å²) in [4.78, 5) is 22.8. The highest BCUT2D eigenvalue weighted by Gasteiger charge is 2.05. The van der Waals surface area contributed by atoms with E-state index in [0.29, 0.717) is 13.0 Å². The van der Waals surface area contributed by atoms with Crippen molar-refractivity contribution in [2.75, 3.05) is 0 Å². The maximum atomic E-state index is 10.2. The third-order valence-corrected chi connectivity index (χ3v) is 1.57. The van der Waals surface area contributed by atoms with Gasteiger partial charge in [0.25, 0.3) is 5.82 Å². The molecule has 0 amide bonds. The SMILES string of the molecule is O=Nc1c[n+](CCCC(=O)O)c[nH]1.[OH-]. The molecule has 0 fully saturated rings. The number of nitrogens with one attached hydrogen (secondary N) is 1. The molecule has 0 saturated heterocycles. The fourth-order valence-corrected chi connectivity index (χ4v) is 0.973. The Kier molecular flexibility index (Phi) is 5.08. The van der Waals surface area contributed by atoms with Crippen LogP contribution < -0.4 is 4.57 Å². The van der Waals surface area contributed by atoms with Crippen molar-refractivity contribution in [2.24, 2.45) is 5.18 Å². The average molecular weight is 201 g/mol. The molecule has 0 aliphatic carbocycles. The Bertz CT molecular complexity index is 310. The molecule has 0 radical (unpaired) electrons. The van der Waals surface area contributed by atoms with Crippen molar-refractivity contribution in [2.45, 2.75) is 19.4 Å². The highest BCUT2D eigenvalue weighted by Crippen LogP contribution is 2.00. The number of aromatic nitrogens is 2. The van der Waals surface area contributed by atoms with E-state index in [-0.39, 0.29) is 17.7 Å². The van der Waals surface area contributed by atoms with Crippen molar-refractivity contribution in [1.29, 1.82) is 0 Å². The zero-order valence-corrected chi connectivity index (χ0v) is 7.38. The standard InChI is InChI=1S/C7H9N3O3.H2O/c11-7(12)2-1-3-10-4-6(9-13)8-5-10;/h4-5H,1-3H2,(H,11,12);1H2. The van der Waals surface area contributed by atoms with E-state index in [2.05, 4.69) is 10.2 Å². The van der Waals surface area contributed by atoms with E-state index in [1.54, 1.807) is 10.9 Å². The number of nitrogens with zero attached hydrogens (tertiary/aromatic N) is 2. The van der Waals surface area contributed by atoms with Crippen LogP contribution in [0.25, 0.3) is 0 Å². The number of carboxylic acid groups (broad SMARTS) is 1. The van der Waals surface area contributed by atoms with Gasteiger partial charge in [-0.2, -0.15) is 0 Å². The third-order valence-electron chi connectivity index (χ3n) is 1.57. The van der Waals surface area contributed by atoms with Crippen molar-refractivity contribution < 1.29 is 19.9 Å². The number of hydrogen-bond acceptors (Lipinski definition) is 4. The number of aromatic amines is 1. The molecular formula is C7H11N3O4. The Balaban J connectivity index is 0.00000169. The van der Waals surface area contributed by atoms with Crippen molar-refractivity contribution in [3.63, 3.8) is 0 Å². The zero-order chi connectivity index (χ0) is 9.68. The Morgan fingerprint density at radius 1 is 1.64 bits per heavy atom. The Hall–Kier alpha value is -1.76. The maximum absolute atomic E-state index is 10.2. The first-order chi connectivity index (χ1) is 6.22. The number of imidazole rings is 1. The van der Waals surface area contributed by atoms with E-state index < -0.39 is 5.97 Å². The quantitative estimate of drug-likeness (QED) is 0.529. The number of hydrogen-bond donors (Lipinski definition) is 2. The molecule has 0 aromatic carbocycles. The molecule has 14 heavy (non-hydrogen) atoms. The molecule has 1 aromatic rings. The lowest BCUT2D eigenvalue weighted by molar-refractivity contribution is -0.695. The van der Waals surface area contributed by atoms with Gasteiger partial charge in [0.15, 0.2) is 6.20 Å². The second-order valence-electron chi connectivity index (χ2n) is 2.61. The zero-order valence-electron chi connectivity index (χ0n) is 7.38. The third kappa shape index (κ3) is 3.76. The van der Waals surface area contributed by atoms with Crippen LogP contribution in [0.1, 0.15) is 12.8 Å². The van der Waals surface area contributed by atoms with Crippen LogP contribution in [0.3, 0.4) is 0 Å². The van der Waals surface area contributed by atoms with E-state index in [0.717, 1.165) is 0 Å². The molecule has 0 spiro atoms. The fraction of sp³-hybridized carbons (Fsp3) is 0.429. The Morgan fingerprint density at radius 2 is 2.36 bits per heavy atom. The van der Waals surface area contributed by atoms with Gasteiger partial charge in [-0.3, -0.25) is 4.79 Å². The minimum absolute atomic E-state index is 0. The summed E-state index contributed by atoms with van der Waals surface area (Å²) in [6.45, 7) is 0.568. The second kappa shape index (κ2) is 5.81. The number of carboxylic acids is 1. The van der Waals surface area contributed by atoms with Crippen molar-refractivity contribution in [3.05, 3.63) is 17.4 Å². The number of H-pyrrole nitrogens is 1. The molecular weight excluding hydrogens is 190 g/mol. The van der Waals surface area contributed by atoms with Crippen molar-refractivity contribution in [3.8, 4) is 0 Å². The number of aryl methyl sites for hydroxylation is 1. The summed E-state index contributed by atoms with van der Waals surface area (Å²) in [5.74, 6) is -0.569. The highest BCUT2D eigenvalue weighted by atomic mass is 16.4. The molecule has 1 aromatic heterocycles. The summed E-state index contributed by atoms with van der Waals surface area (Å²) in [6.07, 6.45) is 3.78. The van der Waals surface area contributed by atoms with Gasteiger partial charge in [-0.1, -0.05) is 0 Å². The van der Waals surface area contributed by atoms with Crippen molar-refractivity contribution in [1.82, 2.24) is 4.98 Å². The van der Waals surface area contributed by atoms with E-state index >= 15 is 0 Å². The smallest absolute Gasteiger partial charge is 0.303 e. The first kappa shape index (κ1) is 12.2. The van der Waals surface area contributed by atoms with Crippen LogP contribution in [0.5, 0.6) is 0 Å². The Labute approximate surface area is 79.7 Å². The summed E-state index contributed by atoms with van der Waals surface area (Å²) >= 11 is 0. The van der Waals surface area contributed by atoms with Gasteiger partial charge in [-0.25, -0.2) is 9.55 Å². The molecule has 0 aliphatic rings.